The van der Waals surface area contributed by atoms with E-state index in [4.69, 9.17) is 0 Å². The topological polar surface area (TPSA) is 59.1 Å². The molecule has 0 spiro atoms. The summed E-state index contributed by atoms with van der Waals surface area (Å²) < 4.78 is 0.680. The van der Waals surface area contributed by atoms with Crippen LogP contribution in [-0.4, -0.2) is 16.7 Å². The maximum absolute atomic E-state index is 11.1. The summed E-state index contributed by atoms with van der Waals surface area (Å²) in [5.74, 6) is 0.167. The van der Waals surface area contributed by atoms with Crippen molar-refractivity contribution in [2.75, 3.05) is 5.32 Å². The Bertz CT molecular complexity index is 390. The van der Waals surface area contributed by atoms with E-state index >= 15 is 0 Å². The number of anilines is 1. The Balaban J connectivity index is 3.07. The minimum Gasteiger partial charge on any atom is -0.311 e. The summed E-state index contributed by atoms with van der Waals surface area (Å²) in [7, 11) is 0. The number of carbonyl (C=O) groups is 2. The molecule has 1 N–H and O–H groups in total. The fraction of sp³-hybridized carbons (Fsp3) is 0.222. The monoisotopic (exact) mass is 304 g/mol. The lowest BCUT2D eigenvalue weighted by Crippen LogP contribution is -2.09. The third kappa shape index (κ3) is 3.06. The normalized spacial score (nSPS) is 9.64. The van der Waals surface area contributed by atoms with Crippen molar-refractivity contribution in [2.24, 2.45) is 0 Å². The van der Waals surface area contributed by atoms with Crippen LogP contribution >= 0.6 is 22.6 Å². The standard InChI is InChI=1S/C9H9IN2O2/c1-5(13)7-3-8(10)12-9(4-7)11-6(2)14/h3-4H,1-2H3,(H,11,12,14). The van der Waals surface area contributed by atoms with Gasteiger partial charge < -0.3 is 5.32 Å². The molecule has 0 aromatic carbocycles. The number of nitrogens with zero attached hydrogens (tertiary/aromatic N) is 1. The molecule has 14 heavy (non-hydrogen) atoms. The van der Waals surface area contributed by atoms with Crippen LogP contribution in [0.3, 0.4) is 0 Å². The molecule has 0 radical (unpaired) electrons. The number of halogens is 1. The first kappa shape index (κ1) is 11.1. The molecule has 0 aliphatic heterocycles. The molecule has 5 heteroatoms. The zero-order chi connectivity index (χ0) is 10.7. The van der Waals surface area contributed by atoms with Gasteiger partial charge in [-0.15, -0.1) is 0 Å². The minimum absolute atomic E-state index is 0.0445. The molecule has 0 bridgehead atoms. The maximum Gasteiger partial charge on any atom is 0.222 e. The molecule has 1 rings (SSSR count). The van der Waals surface area contributed by atoms with Gasteiger partial charge in [0.2, 0.25) is 5.91 Å². The fourth-order valence-electron chi connectivity index (χ4n) is 0.945. The largest absolute Gasteiger partial charge is 0.311 e. The average molecular weight is 304 g/mol. The predicted molar refractivity (Wildman–Crippen MR) is 61.3 cm³/mol. The van der Waals surface area contributed by atoms with Crippen molar-refractivity contribution >= 4 is 40.1 Å². The van der Waals surface area contributed by atoms with Crippen molar-refractivity contribution in [3.63, 3.8) is 0 Å². The number of rotatable bonds is 2. The molecule has 0 unspecified atom stereocenters. The van der Waals surface area contributed by atoms with E-state index in [-0.39, 0.29) is 11.7 Å². The lowest BCUT2D eigenvalue weighted by atomic mass is 10.2. The van der Waals surface area contributed by atoms with Gasteiger partial charge in [0.1, 0.15) is 9.52 Å². The van der Waals surface area contributed by atoms with Crippen molar-refractivity contribution in [3.8, 4) is 0 Å². The summed E-state index contributed by atoms with van der Waals surface area (Å²) >= 11 is 2.00. The number of hydrogen-bond donors (Lipinski definition) is 1. The van der Waals surface area contributed by atoms with E-state index in [9.17, 15) is 9.59 Å². The molecule has 74 valence electrons. The molecule has 0 aliphatic carbocycles. The first-order valence-corrected chi connectivity index (χ1v) is 5.03. The van der Waals surface area contributed by atoms with Crippen LogP contribution in [0.5, 0.6) is 0 Å². The van der Waals surface area contributed by atoms with Gasteiger partial charge in [-0.25, -0.2) is 4.98 Å². The quantitative estimate of drug-likeness (QED) is 0.515. The highest BCUT2D eigenvalue weighted by Gasteiger charge is 2.05. The Kier molecular flexibility index (Phi) is 3.56. The van der Waals surface area contributed by atoms with Crippen LogP contribution in [0, 0.1) is 3.70 Å². The van der Waals surface area contributed by atoms with Gasteiger partial charge in [0.15, 0.2) is 5.78 Å². The number of aromatic nitrogens is 1. The van der Waals surface area contributed by atoms with Gasteiger partial charge in [-0.05, 0) is 41.6 Å². The van der Waals surface area contributed by atoms with Gasteiger partial charge in [0.05, 0.1) is 0 Å². The number of carbonyl (C=O) groups excluding carboxylic acids is 2. The summed E-state index contributed by atoms with van der Waals surface area (Å²) in [6.07, 6.45) is 0. The van der Waals surface area contributed by atoms with Gasteiger partial charge in [0, 0.05) is 12.5 Å². The summed E-state index contributed by atoms with van der Waals surface area (Å²) in [5.41, 5.74) is 0.549. The van der Waals surface area contributed by atoms with E-state index in [0.717, 1.165) is 0 Å². The Morgan fingerprint density at radius 2 is 2.00 bits per heavy atom. The molecule has 0 atom stereocenters. The van der Waals surface area contributed by atoms with Crippen molar-refractivity contribution < 1.29 is 9.59 Å². The second-order valence-electron chi connectivity index (χ2n) is 2.80. The van der Waals surface area contributed by atoms with Gasteiger partial charge >= 0.3 is 0 Å². The van der Waals surface area contributed by atoms with Gasteiger partial charge in [-0.3, -0.25) is 9.59 Å². The smallest absolute Gasteiger partial charge is 0.222 e. The summed E-state index contributed by atoms with van der Waals surface area (Å²) in [6, 6.07) is 3.24. The molecule has 1 aromatic rings. The molecule has 1 heterocycles. The molecule has 0 aliphatic rings. The average Bonchev–Trinajstić information content (AvgIpc) is 2.01. The second kappa shape index (κ2) is 4.50. The predicted octanol–water partition coefficient (Wildman–Crippen LogP) is 1.85. The second-order valence-corrected chi connectivity index (χ2v) is 3.91. The van der Waals surface area contributed by atoms with Crippen molar-refractivity contribution in [2.45, 2.75) is 13.8 Å². The number of ketones is 1. The molecule has 4 nitrogen and oxygen atoms in total. The molecule has 0 saturated heterocycles. The maximum atomic E-state index is 11.1. The molecular weight excluding hydrogens is 295 g/mol. The van der Waals surface area contributed by atoms with Crippen LogP contribution in [0.4, 0.5) is 5.82 Å². The third-order valence-corrected chi connectivity index (χ3v) is 2.06. The van der Waals surface area contributed by atoms with Crippen LogP contribution in [0.15, 0.2) is 12.1 Å². The summed E-state index contributed by atoms with van der Waals surface area (Å²) in [4.78, 5) is 25.9. The van der Waals surface area contributed by atoms with Crippen LogP contribution < -0.4 is 5.32 Å². The van der Waals surface area contributed by atoms with Crippen molar-refractivity contribution in [1.82, 2.24) is 4.98 Å². The van der Waals surface area contributed by atoms with E-state index in [0.29, 0.717) is 15.1 Å². The first-order valence-electron chi connectivity index (χ1n) is 3.95. The van der Waals surface area contributed by atoms with Crippen LogP contribution in [0.1, 0.15) is 24.2 Å². The molecular formula is C9H9IN2O2. The zero-order valence-corrected chi connectivity index (χ0v) is 9.95. The Morgan fingerprint density at radius 3 is 2.50 bits per heavy atom. The van der Waals surface area contributed by atoms with Crippen LogP contribution in [0.25, 0.3) is 0 Å². The molecule has 1 amide bonds. The van der Waals surface area contributed by atoms with Crippen LogP contribution in [-0.2, 0) is 4.79 Å². The van der Waals surface area contributed by atoms with E-state index in [2.05, 4.69) is 10.3 Å². The Labute approximate surface area is 95.2 Å². The number of hydrogen-bond acceptors (Lipinski definition) is 3. The van der Waals surface area contributed by atoms with Gasteiger partial charge in [-0.1, -0.05) is 0 Å². The molecule has 0 fully saturated rings. The Morgan fingerprint density at radius 1 is 1.36 bits per heavy atom. The number of Topliss-reactive ketones (excluding diaryl/α,β-unsaturated/α-hetero) is 1. The van der Waals surface area contributed by atoms with Crippen molar-refractivity contribution in [3.05, 3.63) is 21.4 Å². The van der Waals surface area contributed by atoms with E-state index in [1.807, 2.05) is 22.6 Å². The molecule has 0 saturated carbocycles. The highest BCUT2D eigenvalue weighted by atomic mass is 127. The van der Waals surface area contributed by atoms with E-state index < -0.39 is 0 Å². The first-order chi connectivity index (χ1) is 6.49. The fourth-order valence-corrected chi connectivity index (χ4v) is 1.54. The SMILES string of the molecule is CC(=O)Nc1cc(C(C)=O)cc(I)n1. The number of amides is 1. The number of pyridine rings is 1. The van der Waals surface area contributed by atoms with Gasteiger partial charge in [0.25, 0.3) is 0 Å². The van der Waals surface area contributed by atoms with Crippen LogP contribution in [0.2, 0.25) is 0 Å². The highest BCUT2D eigenvalue weighted by molar-refractivity contribution is 14.1. The highest BCUT2D eigenvalue weighted by Crippen LogP contribution is 2.12. The third-order valence-electron chi connectivity index (χ3n) is 1.50. The summed E-state index contributed by atoms with van der Waals surface area (Å²) in [6.45, 7) is 2.87. The lowest BCUT2D eigenvalue weighted by molar-refractivity contribution is -0.114. The van der Waals surface area contributed by atoms with E-state index in [1.165, 1.54) is 13.8 Å². The van der Waals surface area contributed by atoms with Crippen molar-refractivity contribution in [1.29, 1.82) is 0 Å². The summed E-state index contributed by atoms with van der Waals surface area (Å²) in [5, 5.41) is 2.53. The molecule has 1 aromatic heterocycles. The zero-order valence-electron chi connectivity index (χ0n) is 7.80. The number of nitrogens with one attached hydrogen (secondary N) is 1. The van der Waals surface area contributed by atoms with E-state index in [1.54, 1.807) is 12.1 Å². The Hall–Kier alpha value is -0.980. The van der Waals surface area contributed by atoms with Gasteiger partial charge in [-0.2, -0.15) is 0 Å². The lowest BCUT2D eigenvalue weighted by Gasteiger charge is -2.03. The minimum atomic E-state index is -0.200.